The molecule has 1 saturated carbocycles. The van der Waals surface area contributed by atoms with E-state index < -0.39 is 0 Å². The zero-order valence-electron chi connectivity index (χ0n) is 12.8. The van der Waals surface area contributed by atoms with E-state index in [1.54, 1.807) is 0 Å². The number of aromatic nitrogens is 2. The van der Waals surface area contributed by atoms with Gasteiger partial charge < -0.3 is 9.84 Å². The summed E-state index contributed by atoms with van der Waals surface area (Å²) < 4.78 is 6.69. The molecule has 1 N–H and O–H groups in total. The number of hydrogen-bond donors (Lipinski definition) is 1. The van der Waals surface area contributed by atoms with E-state index in [-0.39, 0.29) is 17.8 Å². The first-order chi connectivity index (χ1) is 10.1. The third-order valence-electron chi connectivity index (χ3n) is 4.46. The first-order valence-corrected chi connectivity index (χ1v) is 8.20. The van der Waals surface area contributed by atoms with E-state index in [1.807, 2.05) is 7.05 Å². The molecule has 6 heteroatoms. The molecule has 1 fully saturated rings. The van der Waals surface area contributed by atoms with Crippen molar-refractivity contribution in [3.05, 3.63) is 46.0 Å². The SMILES string of the molecule is CNC(C)Cc1noc(C2(c3ccc(Br)cc3)CCC2)n1.Cl. The molecule has 1 heterocycles. The van der Waals surface area contributed by atoms with Crippen LogP contribution >= 0.6 is 28.3 Å². The van der Waals surface area contributed by atoms with Crippen molar-refractivity contribution < 1.29 is 4.52 Å². The Balaban J connectivity index is 0.00000176. The van der Waals surface area contributed by atoms with E-state index in [2.05, 4.69) is 62.6 Å². The molecule has 0 aliphatic heterocycles. The van der Waals surface area contributed by atoms with Crippen LogP contribution in [0, 0.1) is 0 Å². The van der Waals surface area contributed by atoms with Crippen LogP contribution in [0.2, 0.25) is 0 Å². The van der Waals surface area contributed by atoms with Gasteiger partial charge in [-0.1, -0.05) is 39.6 Å². The van der Waals surface area contributed by atoms with Crippen molar-refractivity contribution >= 4 is 28.3 Å². The summed E-state index contributed by atoms with van der Waals surface area (Å²) in [5.41, 5.74) is 1.20. The van der Waals surface area contributed by atoms with Gasteiger partial charge in [-0.15, -0.1) is 12.4 Å². The molecular weight excluding hydrogens is 366 g/mol. The molecule has 1 aliphatic rings. The summed E-state index contributed by atoms with van der Waals surface area (Å²) in [7, 11) is 1.95. The Morgan fingerprint density at radius 2 is 2.00 bits per heavy atom. The summed E-state index contributed by atoms with van der Waals surface area (Å²) in [6.07, 6.45) is 4.16. The Bertz CT molecular complexity index is 610. The molecule has 120 valence electrons. The normalized spacial score (nSPS) is 17.4. The Morgan fingerprint density at radius 3 is 2.55 bits per heavy atom. The van der Waals surface area contributed by atoms with Gasteiger partial charge in [0, 0.05) is 16.9 Å². The summed E-state index contributed by atoms with van der Waals surface area (Å²) in [6.45, 7) is 2.11. The van der Waals surface area contributed by atoms with Gasteiger partial charge in [0.05, 0.1) is 5.41 Å². The van der Waals surface area contributed by atoms with E-state index in [4.69, 9.17) is 4.52 Å². The highest BCUT2D eigenvalue weighted by atomic mass is 79.9. The number of likely N-dealkylation sites (N-methyl/N-ethyl adjacent to an activating group) is 1. The van der Waals surface area contributed by atoms with Crippen LogP contribution in [-0.4, -0.2) is 23.2 Å². The van der Waals surface area contributed by atoms with Crippen molar-refractivity contribution in [2.24, 2.45) is 0 Å². The predicted octanol–water partition coefficient (Wildman–Crippen LogP) is 3.87. The van der Waals surface area contributed by atoms with E-state index >= 15 is 0 Å². The minimum Gasteiger partial charge on any atom is -0.338 e. The highest BCUT2D eigenvalue weighted by molar-refractivity contribution is 9.10. The topological polar surface area (TPSA) is 51.0 Å². The van der Waals surface area contributed by atoms with Crippen LogP contribution in [0.25, 0.3) is 0 Å². The smallest absolute Gasteiger partial charge is 0.237 e. The Labute approximate surface area is 145 Å². The maximum absolute atomic E-state index is 5.60. The van der Waals surface area contributed by atoms with Gasteiger partial charge in [0.15, 0.2) is 5.82 Å². The lowest BCUT2D eigenvalue weighted by molar-refractivity contribution is 0.216. The molecule has 2 aromatic rings. The molecule has 3 rings (SSSR count). The van der Waals surface area contributed by atoms with Gasteiger partial charge in [-0.05, 0) is 44.5 Å². The number of halogens is 2. The van der Waals surface area contributed by atoms with Crippen LogP contribution in [0.5, 0.6) is 0 Å². The van der Waals surface area contributed by atoms with Crippen LogP contribution in [-0.2, 0) is 11.8 Å². The third kappa shape index (κ3) is 3.21. The summed E-state index contributed by atoms with van der Waals surface area (Å²) in [5.74, 6) is 1.56. The summed E-state index contributed by atoms with van der Waals surface area (Å²) >= 11 is 3.49. The molecule has 0 spiro atoms. The first kappa shape index (κ1) is 17.4. The van der Waals surface area contributed by atoms with Crippen molar-refractivity contribution in [1.29, 1.82) is 0 Å². The number of nitrogens with zero attached hydrogens (tertiary/aromatic N) is 2. The van der Waals surface area contributed by atoms with Gasteiger partial charge in [0.2, 0.25) is 5.89 Å². The fourth-order valence-corrected chi connectivity index (χ4v) is 3.10. The monoisotopic (exact) mass is 385 g/mol. The highest BCUT2D eigenvalue weighted by Crippen LogP contribution is 2.48. The summed E-state index contributed by atoms with van der Waals surface area (Å²) in [5, 5.41) is 7.36. The average Bonchev–Trinajstić information content (AvgIpc) is 2.88. The zero-order valence-corrected chi connectivity index (χ0v) is 15.2. The van der Waals surface area contributed by atoms with Crippen LogP contribution in [0.4, 0.5) is 0 Å². The lowest BCUT2D eigenvalue weighted by atomic mass is 9.64. The highest BCUT2D eigenvalue weighted by Gasteiger charge is 2.45. The molecule has 1 aromatic heterocycles. The molecule has 1 atom stereocenters. The van der Waals surface area contributed by atoms with Crippen molar-refractivity contribution in [1.82, 2.24) is 15.5 Å². The van der Waals surface area contributed by atoms with E-state index in [9.17, 15) is 0 Å². The second-order valence-corrected chi connectivity index (χ2v) is 6.77. The summed E-state index contributed by atoms with van der Waals surface area (Å²) in [4.78, 5) is 4.66. The lowest BCUT2D eigenvalue weighted by Gasteiger charge is -2.38. The minimum atomic E-state index is -0.0746. The van der Waals surface area contributed by atoms with E-state index in [0.29, 0.717) is 6.04 Å². The molecule has 0 saturated heterocycles. The maximum Gasteiger partial charge on any atom is 0.237 e. The zero-order chi connectivity index (χ0) is 14.9. The van der Waals surface area contributed by atoms with Crippen LogP contribution in [0.3, 0.4) is 0 Å². The first-order valence-electron chi connectivity index (χ1n) is 7.40. The van der Waals surface area contributed by atoms with Crippen LogP contribution < -0.4 is 5.32 Å². The van der Waals surface area contributed by atoms with Crippen molar-refractivity contribution in [2.75, 3.05) is 7.05 Å². The number of nitrogens with one attached hydrogen (secondary N) is 1. The summed E-state index contributed by atoms with van der Waals surface area (Å²) in [6, 6.07) is 8.82. The van der Waals surface area contributed by atoms with Crippen molar-refractivity contribution in [2.45, 2.75) is 44.1 Å². The predicted molar refractivity (Wildman–Crippen MR) is 92.5 cm³/mol. The van der Waals surface area contributed by atoms with Crippen molar-refractivity contribution in [3.63, 3.8) is 0 Å². The fourth-order valence-electron chi connectivity index (χ4n) is 2.83. The van der Waals surface area contributed by atoms with Gasteiger partial charge in [0.1, 0.15) is 0 Å². The second-order valence-electron chi connectivity index (χ2n) is 5.85. The fraction of sp³-hybridized carbons (Fsp3) is 0.500. The number of rotatable bonds is 5. The number of hydrogen-bond acceptors (Lipinski definition) is 4. The molecular formula is C16H21BrClN3O. The van der Waals surface area contributed by atoms with Crippen LogP contribution in [0.1, 0.15) is 43.5 Å². The van der Waals surface area contributed by atoms with E-state index in [1.165, 1.54) is 12.0 Å². The molecule has 1 aromatic carbocycles. The molecule has 1 unspecified atom stereocenters. The van der Waals surface area contributed by atoms with Crippen LogP contribution in [0.15, 0.2) is 33.3 Å². The van der Waals surface area contributed by atoms with E-state index in [0.717, 1.165) is 35.5 Å². The minimum absolute atomic E-state index is 0. The van der Waals surface area contributed by atoms with Gasteiger partial charge in [-0.3, -0.25) is 0 Å². The quantitative estimate of drug-likeness (QED) is 0.847. The number of benzene rings is 1. The molecule has 0 amide bonds. The molecule has 4 nitrogen and oxygen atoms in total. The standard InChI is InChI=1S/C16H20BrN3O.ClH/c1-11(18-2)10-14-19-15(21-20-14)16(8-3-9-16)12-4-6-13(17)7-5-12;/h4-7,11,18H,3,8-10H2,1-2H3;1H. The van der Waals surface area contributed by atoms with Gasteiger partial charge in [-0.25, -0.2) is 0 Å². The Morgan fingerprint density at radius 1 is 1.32 bits per heavy atom. The maximum atomic E-state index is 5.60. The Hall–Kier alpha value is -0.910. The largest absolute Gasteiger partial charge is 0.338 e. The average molecular weight is 387 g/mol. The van der Waals surface area contributed by atoms with Gasteiger partial charge >= 0.3 is 0 Å². The Kier molecular flexibility index (Phi) is 5.64. The third-order valence-corrected chi connectivity index (χ3v) is 4.99. The van der Waals surface area contributed by atoms with Gasteiger partial charge in [-0.2, -0.15) is 4.98 Å². The molecule has 0 radical (unpaired) electrons. The van der Waals surface area contributed by atoms with Gasteiger partial charge in [0.25, 0.3) is 0 Å². The molecule has 1 aliphatic carbocycles. The van der Waals surface area contributed by atoms with Crippen molar-refractivity contribution in [3.8, 4) is 0 Å². The lowest BCUT2D eigenvalue weighted by Crippen LogP contribution is -2.35. The molecule has 0 bridgehead atoms. The molecule has 22 heavy (non-hydrogen) atoms. The second kappa shape index (κ2) is 7.11.